The number of methoxy groups -OCH3 is 1. The molecular formula is C29H31FN6O5S. The van der Waals surface area contributed by atoms with Crippen LogP contribution in [0.1, 0.15) is 23.5 Å². The molecule has 0 radical (unpaired) electrons. The van der Waals surface area contributed by atoms with Crippen LogP contribution in [-0.2, 0) is 9.53 Å². The van der Waals surface area contributed by atoms with E-state index in [-0.39, 0.29) is 23.2 Å². The standard InChI is InChI=1S/C29H31FN6O5S/c1-18-15-26(35-41-18)34-29(38)33-20-3-4-23(21(30)16-20)40-24-5-10-32-22-17-25(42-28(22)24)19-7-12-36(13-8-19)27(37)6-9-31-11-14-39-2/h3-5,7,10,15-17,31H,6,8-9,11-14H2,1-2H3,(H2,33,34,35,38). The third kappa shape index (κ3) is 7.29. The maximum atomic E-state index is 15.0. The van der Waals surface area contributed by atoms with E-state index < -0.39 is 11.8 Å². The number of nitrogens with one attached hydrogen (secondary N) is 3. The summed E-state index contributed by atoms with van der Waals surface area (Å²) >= 11 is 1.52. The zero-order valence-electron chi connectivity index (χ0n) is 23.2. The second-order valence-electron chi connectivity index (χ2n) is 9.60. The van der Waals surface area contributed by atoms with Crippen LogP contribution in [0, 0.1) is 12.7 Å². The van der Waals surface area contributed by atoms with Crippen LogP contribution in [0.3, 0.4) is 0 Å². The van der Waals surface area contributed by atoms with Gasteiger partial charge in [-0.15, -0.1) is 11.3 Å². The molecule has 1 aliphatic rings. The molecule has 3 N–H and O–H groups in total. The van der Waals surface area contributed by atoms with Crippen LogP contribution in [0.15, 0.2) is 53.2 Å². The first-order valence-corrected chi connectivity index (χ1v) is 14.3. The van der Waals surface area contributed by atoms with Gasteiger partial charge in [0, 0.05) is 74.7 Å². The zero-order chi connectivity index (χ0) is 29.5. The Balaban J connectivity index is 1.21. The van der Waals surface area contributed by atoms with E-state index >= 15 is 0 Å². The van der Waals surface area contributed by atoms with Crippen molar-refractivity contribution in [3.05, 3.63) is 65.1 Å². The number of anilines is 2. The summed E-state index contributed by atoms with van der Waals surface area (Å²) in [5.74, 6) is 0.771. The summed E-state index contributed by atoms with van der Waals surface area (Å²) in [6, 6.07) is 8.84. The largest absolute Gasteiger partial charge is 0.453 e. The quantitative estimate of drug-likeness (QED) is 0.197. The Morgan fingerprint density at radius 1 is 1.14 bits per heavy atom. The van der Waals surface area contributed by atoms with E-state index in [1.165, 1.54) is 23.5 Å². The summed E-state index contributed by atoms with van der Waals surface area (Å²) in [5.41, 5.74) is 2.13. The van der Waals surface area contributed by atoms with Crippen LogP contribution >= 0.6 is 11.3 Å². The van der Waals surface area contributed by atoms with E-state index in [2.05, 4.69) is 32.2 Å². The summed E-state index contributed by atoms with van der Waals surface area (Å²) in [7, 11) is 1.65. The second-order valence-corrected chi connectivity index (χ2v) is 10.6. The number of benzene rings is 1. The Kier molecular flexibility index (Phi) is 9.41. The first-order valence-electron chi connectivity index (χ1n) is 13.4. The number of hydrogen-bond acceptors (Lipinski definition) is 9. The fourth-order valence-corrected chi connectivity index (χ4v) is 5.54. The molecular weight excluding hydrogens is 563 g/mol. The molecule has 5 rings (SSSR count). The lowest BCUT2D eigenvalue weighted by Gasteiger charge is -2.26. The van der Waals surface area contributed by atoms with Crippen molar-refractivity contribution in [2.75, 3.05) is 50.5 Å². The Hall–Kier alpha value is -4.33. The highest BCUT2D eigenvalue weighted by atomic mass is 32.1. The molecule has 0 aliphatic carbocycles. The van der Waals surface area contributed by atoms with E-state index in [0.29, 0.717) is 44.2 Å². The van der Waals surface area contributed by atoms with E-state index in [1.807, 2.05) is 11.0 Å². The van der Waals surface area contributed by atoms with Gasteiger partial charge in [-0.2, -0.15) is 0 Å². The van der Waals surface area contributed by atoms with Crippen LogP contribution in [0.2, 0.25) is 0 Å². The number of pyridine rings is 1. The number of amides is 3. The maximum absolute atomic E-state index is 15.0. The van der Waals surface area contributed by atoms with Crippen molar-refractivity contribution in [1.29, 1.82) is 0 Å². The fraction of sp³-hybridized carbons (Fsp3) is 0.310. The van der Waals surface area contributed by atoms with Gasteiger partial charge in [-0.25, -0.2) is 9.18 Å². The van der Waals surface area contributed by atoms with Crippen LogP contribution in [0.5, 0.6) is 11.5 Å². The average Bonchev–Trinajstić information content (AvgIpc) is 3.60. The van der Waals surface area contributed by atoms with E-state index in [9.17, 15) is 14.0 Å². The van der Waals surface area contributed by atoms with Crippen LogP contribution in [0.25, 0.3) is 15.8 Å². The van der Waals surface area contributed by atoms with Gasteiger partial charge in [0.2, 0.25) is 5.91 Å². The monoisotopic (exact) mass is 594 g/mol. The minimum absolute atomic E-state index is 0.0123. The number of nitrogens with zero attached hydrogens (tertiary/aromatic N) is 3. The number of ether oxygens (including phenoxy) is 2. The number of urea groups is 1. The SMILES string of the molecule is COCCNCCC(=O)N1CC=C(c2cc3nccc(Oc4ccc(NC(=O)Nc5cc(C)on5)cc4F)c3s2)CC1. The normalized spacial score (nSPS) is 13.2. The molecule has 0 atom stereocenters. The molecule has 3 amide bonds. The molecule has 0 saturated carbocycles. The summed E-state index contributed by atoms with van der Waals surface area (Å²) in [5, 5.41) is 12.0. The maximum Gasteiger partial charge on any atom is 0.324 e. The molecule has 0 saturated heterocycles. The highest BCUT2D eigenvalue weighted by Gasteiger charge is 2.20. The van der Waals surface area contributed by atoms with Gasteiger partial charge in [0.1, 0.15) is 11.5 Å². The molecule has 4 aromatic rings. The van der Waals surface area contributed by atoms with Crippen molar-refractivity contribution in [3.8, 4) is 11.5 Å². The van der Waals surface area contributed by atoms with Crippen molar-refractivity contribution < 1.29 is 28.0 Å². The number of carbonyl (C=O) groups excluding carboxylic acids is 2. The molecule has 1 aliphatic heterocycles. The molecule has 0 spiro atoms. The van der Waals surface area contributed by atoms with Crippen LogP contribution < -0.4 is 20.7 Å². The van der Waals surface area contributed by atoms with Crippen molar-refractivity contribution in [1.82, 2.24) is 20.4 Å². The summed E-state index contributed by atoms with van der Waals surface area (Å²) in [6.07, 6.45) is 4.88. The number of fused-ring (bicyclic) bond motifs is 1. The molecule has 11 nitrogen and oxygen atoms in total. The molecule has 220 valence electrons. The third-order valence-corrected chi connectivity index (χ3v) is 7.75. The number of aryl methyl sites for hydroxylation is 1. The lowest BCUT2D eigenvalue weighted by atomic mass is 10.1. The third-order valence-electron chi connectivity index (χ3n) is 6.53. The highest BCUT2D eigenvalue weighted by Crippen LogP contribution is 2.39. The van der Waals surface area contributed by atoms with E-state index in [4.69, 9.17) is 14.0 Å². The molecule has 4 heterocycles. The highest BCUT2D eigenvalue weighted by molar-refractivity contribution is 7.20. The van der Waals surface area contributed by atoms with Gasteiger partial charge in [-0.05, 0) is 37.1 Å². The van der Waals surface area contributed by atoms with Gasteiger partial charge >= 0.3 is 6.03 Å². The Bertz CT molecular complexity index is 1600. The molecule has 0 fully saturated rings. The van der Waals surface area contributed by atoms with Gasteiger partial charge in [-0.1, -0.05) is 11.2 Å². The van der Waals surface area contributed by atoms with Gasteiger partial charge in [0.15, 0.2) is 17.4 Å². The lowest BCUT2D eigenvalue weighted by molar-refractivity contribution is -0.130. The van der Waals surface area contributed by atoms with Gasteiger partial charge in [0.25, 0.3) is 0 Å². The van der Waals surface area contributed by atoms with E-state index in [0.717, 1.165) is 33.6 Å². The lowest BCUT2D eigenvalue weighted by Crippen LogP contribution is -2.36. The second kappa shape index (κ2) is 13.6. The summed E-state index contributed by atoms with van der Waals surface area (Å²) < 4.78 is 31.6. The number of rotatable bonds is 11. The minimum atomic E-state index is -0.638. The van der Waals surface area contributed by atoms with Crippen molar-refractivity contribution in [3.63, 3.8) is 0 Å². The van der Waals surface area contributed by atoms with Crippen molar-refractivity contribution >= 4 is 50.6 Å². The number of halogens is 1. The van der Waals surface area contributed by atoms with Crippen molar-refractivity contribution in [2.24, 2.45) is 0 Å². The number of hydrogen-bond donors (Lipinski definition) is 3. The molecule has 42 heavy (non-hydrogen) atoms. The van der Waals surface area contributed by atoms with Gasteiger partial charge in [-0.3, -0.25) is 15.1 Å². The Labute approximate surface area is 245 Å². The van der Waals surface area contributed by atoms with Crippen molar-refractivity contribution in [2.45, 2.75) is 19.8 Å². The van der Waals surface area contributed by atoms with E-state index in [1.54, 1.807) is 38.4 Å². The zero-order valence-corrected chi connectivity index (χ0v) is 24.1. The smallest absolute Gasteiger partial charge is 0.324 e. The fourth-order valence-electron chi connectivity index (χ4n) is 4.41. The Morgan fingerprint density at radius 2 is 2.02 bits per heavy atom. The molecule has 13 heteroatoms. The topological polar surface area (TPSA) is 131 Å². The molecule has 0 unspecified atom stereocenters. The number of aromatic nitrogens is 2. The number of carbonyl (C=O) groups is 2. The van der Waals surface area contributed by atoms with Gasteiger partial charge < -0.3 is 29.5 Å². The average molecular weight is 595 g/mol. The molecule has 1 aromatic carbocycles. The Morgan fingerprint density at radius 3 is 2.76 bits per heavy atom. The number of thiophene rings is 1. The molecule has 0 bridgehead atoms. The first kappa shape index (κ1) is 29.2. The first-order chi connectivity index (χ1) is 20.4. The minimum Gasteiger partial charge on any atom is -0.453 e. The summed E-state index contributed by atoms with van der Waals surface area (Å²) in [6.45, 7) is 4.87. The summed E-state index contributed by atoms with van der Waals surface area (Å²) in [4.78, 5) is 32.1. The molecule has 3 aromatic heterocycles. The predicted octanol–water partition coefficient (Wildman–Crippen LogP) is 5.41. The van der Waals surface area contributed by atoms with Crippen LogP contribution in [0.4, 0.5) is 20.7 Å². The predicted molar refractivity (Wildman–Crippen MR) is 159 cm³/mol. The van der Waals surface area contributed by atoms with Crippen LogP contribution in [-0.4, -0.2) is 66.9 Å². The van der Waals surface area contributed by atoms with Gasteiger partial charge in [0.05, 0.1) is 16.8 Å².